The third-order valence-electron chi connectivity index (χ3n) is 4.78. The van der Waals surface area contributed by atoms with Crippen molar-refractivity contribution in [3.8, 4) is 0 Å². The summed E-state index contributed by atoms with van der Waals surface area (Å²) < 4.78 is 13.0. The molecule has 0 aromatic heterocycles. The van der Waals surface area contributed by atoms with Gasteiger partial charge in [-0.25, -0.2) is 4.39 Å². The third-order valence-corrected chi connectivity index (χ3v) is 4.78. The molecule has 0 atom stereocenters. The molecule has 1 saturated carbocycles. The van der Waals surface area contributed by atoms with Crippen LogP contribution in [0, 0.1) is 5.82 Å². The SMILES string of the molecule is I.NC(=NCC1(c2ccc(F)cc2)CC1)N1CCCCCC1. The number of rotatable bonds is 3. The minimum absolute atomic E-state index is 0. The minimum Gasteiger partial charge on any atom is -0.370 e. The number of benzene rings is 1. The van der Waals surface area contributed by atoms with Gasteiger partial charge in [0.1, 0.15) is 5.82 Å². The molecule has 2 N–H and O–H groups in total. The Kier molecular flexibility index (Phi) is 6.06. The van der Waals surface area contributed by atoms with E-state index in [-0.39, 0.29) is 35.2 Å². The van der Waals surface area contributed by atoms with E-state index in [1.165, 1.54) is 43.4 Å². The van der Waals surface area contributed by atoms with Gasteiger partial charge in [-0.05, 0) is 43.4 Å². The van der Waals surface area contributed by atoms with E-state index in [1.54, 1.807) is 0 Å². The first kappa shape index (κ1) is 17.5. The number of nitrogens with two attached hydrogens (primary N) is 1. The number of guanidine groups is 1. The molecule has 1 aromatic rings. The van der Waals surface area contributed by atoms with Gasteiger partial charge >= 0.3 is 0 Å². The van der Waals surface area contributed by atoms with E-state index < -0.39 is 0 Å². The van der Waals surface area contributed by atoms with E-state index >= 15 is 0 Å². The van der Waals surface area contributed by atoms with E-state index in [0.29, 0.717) is 5.96 Å². The van der Waals surface area contributed by atoms with Gasteiger partial charge in [0.25, 0.3) is 0 Å². The first-order valence-corrected chi connectivity index (χ1v) is 8.01. The fraction of sp³-hybridized carbons (Fsp3) is 0.588. The van der Waals surface area contributed by atoms with Crippen LogP contribution in [-0.2, 0) is 5.41 Å². The normalized spacial score (nSPS) is 21.0. The molecule has 2 aliphatic rings. The molecule has 0 radical (unpaired) electrons. The van der Waals surface area contributed by atoms with Crippen molar-refractivity contribution in [2.75, 3.05) is 19.6 Å². The minimum atomic E-state index is -0.179. The number of halogens is 2. The Hall–Kier alpha value is -0.850. The first-order chi connectivity index (χ1) is 10.2. The quantitative estimate of drug-likeness (QED) is 0.463. The van der Waals surface area contributed by atoms with Gasteiger partial charge in [0.05, 0.1) is 6.54 Å². The van der Waals surface area contributed by atoms with Crippen LogP contribution in [0.2, 0.25) is 0 Å². The average molecular weight is 417 g/mol. The highest BCUT2D eigenvalue weighted by molar-refractivity contribution is 14.0. The standard InChI is InChI=1S/C17H24FN3.HI/c18-15-7-5-14(6-8-15)17(9-10-17)13-20-16(19)21-11-3-1-2-4-12-21;/h5-8H,1-4,9-13H2,(H2,19,20);1H. The predicted octanol–water partition coefficient (Wildman–Crippen LogP) is 3.67. The molecule has 1 aliphatic carbocycles. The molecule has 0 bridgehead atoms. The van der Waals surface area contributed by atoms with Crippen molar-refractivity contribution in [2.24, 2.45) is 10.7 Å². The fourth-order valence-electron chi connectivity index (χ4n) is 3.12. The lowest BCUT2D eigenvalue weighted by Gasteiger charge is -2.22. The Morgan fingerprint density at radius 1 is 1.09 bits per heavy atom. The second-order valence-electron chi connectivity index (χ2n) is 6.36. The van der Waals surface area contributed by atoms with Crippen LogP contribution in [0.5, 0.6) is 0 Å². The topological polar surface area (TPSA) is 41.6 Å². The lowest BCUT2D eigenvalue weighted by atomic mass is 9.96. The largest absolute Gasteiger partial charge is 0.370 e. The van der Waals surface area contributed by atoms with Crippen molar-refractivity contribution in [1.82, 2.24) is 4.90 Å². The number of hydrogen-bond acceptors (Lipinski definition) is 1. The molecule has 0 spiro atoms. The van der Waals surface area contributed by atoms with Crippen molar-refractivity contribution in [3.05, 3.63) is 35.6 Å². The zero-order chi connectivity index (χ0) is 14.7. The molecule has 1 aliphatic heterocycles. The van der Waals surface area contributed by atoms with Crippen LogP contribution < -0.4 is 5.73 Å². The van der Waals surface area contributed by atoms with Gasteiger partial charge in [-0.1, -0.05) is 25.0 Å². The van der Waals surface area contributed by atoms with Crippen LogP contribution in [0.15, 0.2) is 29.3 Å². The number of aliphatic imine (C=N–C) groups is 1. The summed E-state index contributed by atoms with van der Waals surface area (Å²) in [7, 11) is 0. The summed E-state index contributed by atoms with van der Waals surface area (Å²) in [4.78, 5) is 6.87. The summed E-state index contributed by atoms with van der Waals surface area (Å²) in [6.07, 6.45) is 7.25. The molecule has 122 valence electrons. The van der Waals surface area contributed by atoms with Gasteiger partial charge in [-0.2, -0.15) is 0 Å². The molecule has 0 amide bonds. The lowest BCUT2D eigenvalue weighted by Crippen LogP contribution is -2.38. The maximum atomic E-state index is 13.0. The monoisotopic (exact) mass is 417 g/mol. The zero-order valence-corrected chi connectivity index (χ0v) is 15.3. The Balaban J connectivity index is 0.00000176. The summed E-state index contributed by atoms with van der Waals surface area (Å²) in [5.74, 6) is 0.507. The van der Waals surface area contributed by atoms with Crippen molar-refractivity contribution in [3.63, 3.8) is 0 Å². The van der Waals surface area contributed by atoms with Crippen LogP contribution in [0.1, 0.15) is 44.1 Å². The summed E-state index contributed by atoms with van der Waals surface area (Å²) in [5.41, 5.74) is 7.46. The molecule has 22 heavy (non-hydrogen) atoms. The van der Waals surface area contributed by atoms with Crippen LogP contribution in [0.25, 0.3) is 0 Å². The third kappa shape index (κ3) is 4.12. The number of nitrogens with zero attached hydrogens (tertiary/aromatic N) is 2. The Morgan fingerprint density at radius 3 is 2.23 bits per heavy atom. The van der Waals surface area contributed by atoms with Gasteiger partial charge in [0.15, 0.2) is 5.96 Å². The fourth-order valence-corrected chi connectivity index (χ4v) is 3.12. The molecular formula is C17H25FIN3. The van der Waals surface area contributed by atoms with E-state index in [0.717, 1.165) is 32.5 Å². The highest BCUT2D eigenvalue weighted by atomic mass is 127. The number of hydrogen-bond donors (Lipinski definition) is 1. The molecule has 1 heterocycles. The van der Waals surface area contributed by atoms with Crippen molar-refractivity contribution in [1.29, 1.82) is 0 Å². The van der Waals surface area contributed by atoms with E-state index in [4.69, 9.17) is 5.73 Å². The summed E-state index contributed by atoms with van der Waals surface area (Å²) in [6.45, 7) is 2.78. The van der Waals surface area contributed by atoms with Gasteiger partial charge in [-0.15, -0.1) is 24.0 Å². The van der Waals surface area contributed by atoms with Crippen molar-refractivity contribution >= 4 is 29.9 Å². The molecule has 5 heteroatoms. The maximum absolute atomic E-state index is 13.0. The Labute approximate surface area is 149 Å². The molecule has 0 unspecified atom stereocenters. The van der Waals surface area contributed by atoms with Crippen LogP contribution in [-0.4, -0.2) is 30.5 Å². The van der Waals surface area contributed by atoms with Gasteiger partial charge in [0, 0.05) is 18.5 Å². The van der Waals surface area contributed by atoms with Crippen molar-refractivity contribution < 1.29 is 4.39 Å². The predicted molar refractivity (Wildman–Crippen MR) is 99.3 cm³/mol. The smallest absolute Gasteiger partial charge is 0.191 e. The molecule has 1 saturated heterocycles. The maximum Gasteiger partial charge on any atom is 0.191 e. The second-order valence-corrected chi connectivity index (χ2v) is 6.36. The first-order valence-electron chi connectivity index (χ1n) is 8.01. The van der Waals surface area contributed by atoms with Crippen LogP contribution in [0.3, 0.4) is 0 Å². The van der Waals surface area contributed by atoms with Gasteiger partial charge < -0.3 is 10.6 Å². The molecule has 2 fully saturated rings. The zero-order valence-electron chi connectivity index (χ0n) is 12.9. The van der Waals surface area contributed by atoms with Crippen LogP contribution in [0.4, 0.5) is 4.39 Å². The second kappa shape index (κ2) is 7.62. The lowest BCUT2D eigenvalue weighted by molar-refractivity contribution is 0.427. The highest BCUT2D eigenvalue weighted by Gasteiger charge is 2.44. The van der Waals surface area contributed by atoms with Gasteiger partial charge in [0.2, 0.25) is 0 Å². The van der Waals surface area contributed by atoms with E-state index in [1.807, 2.05) is 12.1 Å². The molecular weight excluding hydrogens is 392 g/mol. The van der Waals surface area contributed by atoms with Crippen molar-refractivity contribution in [2.45, 2.75) is 43.9 Å². The van der Waals surface area contributed by atoms with E-state index in [2.05, 4.69) is 9.89 Å². The summed E-state index contributed by atoms with van der Waals surface area (Å²) in [6, 6.07) is 6.86. The Morgan fingerprint density at radius 2 is 1.68 bits per heavy atom. The highest BCUT2D eigenvalue weighted by Crippen LogP contribution is 2.48. The summed E-state index contributed by atoms with van der Waals surface area (Å²) >= 11 is 0. The molecule has 3 nitrogen and oxygen atoms in total. The summed E-state index contributed by atoms with van der Waals surface area (Å²) in [5, 5.41) is 0. The molecule has 1 aromatic carbocycles. The van der Waals surface area contributed by atoms with Crippen LogP contribution >= 0.6 is 24.0 Å². The Bertz CT molecular complexity index is 503. The average Bonchev–Trinajstić information content (AvgIpc) is 3.30. The number of likely N-dealkylation sites (tertiary alicyclic amines) is 1. The molecule has 3 rings (SSSR count). The van der Waals surface area contributed by atoms with Gasteiger partial charge in [-0.3, -0.25) is 4.99 Å². The van der Waals surface area contributed by atoms with E-state index in [9.17, 15) is 4.39 Å².